The summed E-state index contributed by atoms with van der Waals surface area (Å²) in [5.74, 6) is -0.147. The summed E-state index contributed by atoms with van der Waals surface area (Å²) in [6.07, 6.45) is 1.44. The Kier molecular flexibility index (Phi) is 3.94. The lowest BCUT2D eigenvalue weighted by atomic mass is 10.0. The van der Waals surface area contributed by atoms with Crippen molar-refractivity contribution in [2.75, 3.05) is 19.6 Å². The molecule has 144 valence electrons. The second kappa shape index (κ2) is 6.49. The van der Waals surface area contributed by atoms with Crippen LogP contribution >= 0.6 is 0 Å². The van der Waals surface area contributed by atoms with Gasteiger partial charge in [-0.25, -0.2) is 0 Å². The number of rotatable bonds is 2. The van der Waals surface area contributed by atoms with E-state index in [2.05, 4.69) is 15.2 Å². The van der Waals surface area contributed by atoms with E-state index in [0.717, 1.165) is 28.6 Å². The summed E-state index contributed by atoms with van der Waals surface area (Å²) in [6, 6.07) is 9.72. The fourth-order valence-electron chi connectivity index (χ4n) is 4.13. The molecule has 0 unspecified atom stereocenters. The first kappa shape index (κ1) is 17.0. The smallest absolute Gasteiger partial charge is 0.272 e. The van der Waals surface area contributed by atoms with E-state index in [4.69, 9.17) is 5.73 Å². The fraction of sp³-hybridized carbons (Fsp3) is 0.350. The molecule has 1 atom stereocenters. The zero-order valence-electron chi connectivity index (χ0n) is 15.4. The molecule has 1 fully saturated rings. The number of H-pyrrole nitrogens is 2. The van der Waals surface area contributed by atoms with Crippen LogP contribution in [0, 0.1) is 0 Å². The molecule has 2 amide bonds. The topological polar surface area (TPSA) is 111 Å². The Hall–Kier alpha value is -3.13. The minimum Gasteiger partial charge on any atom is -0.351 e. The molecule has 0 spiro atoms. The van der Waals surface area contributed by atoms with Gasteiger partial charge in [0.05, 0.1) is 12.2 Å². The average molecular weight is 378 g/mol. The first-order valence-electron chi connectivity index (χ1n) is 9.58. The number of amides is 2. The van der Waals surface area contributed by atoms with Gasteiger partial charge in [0.1, 0.15) is 11.4 Å². The number of aromatic nitrogens is 3. The van der Waals surface area contributed by atoms with Gasteiger partial charge in [0.15, 0.2) is 0 Å². The molecule has 1 aromatic carbocycles. The number of carbonyl (C=O) groups excluding carboxylic acids is 2. The van der Waals surface area contributed by atoms with Crippen LogP contribution in [-0.4, -0.2) is 62.5 Å². The first-order chi connectivity index (χ1) is 13.6. The minimum atomic E-state index is -0.0818. The van der Waals surface area contributed by atoms with E-state index in [0.29, 0.717) is 44.0 Å². The zero-order valence-corrected chi connectivity index (χ0v) is 15.4. The number of carbonyl (C=O) groups is 2. The maximum absolute atomic E-state index is 13.0. The van der Waals surface area contributed by atoms with Gasteiger partial charge in [0.25, 0.3) is 11.8 Å². The molecule has 28 heavy (non-hydrogen) atoms. The van der Waals surface area contributed by atoms with Crippen molar-refractivity contribution in [3.63, 3.8) is 0 Å². The monoisotopic (exact) mass is 378 g/mol. The lowest BCUT2D eigenvalue weighted by Crippen LogP contribution is -2.37. The van der Waals surface area contributed by atoms with Crippen molar-refractivity contribution in [1.82, 2.24) is 25.0 Å². The van der Waals surface area contributed by atoms with Crippen LogP contribution in [0.1, 0.15) is 38.7 Å². The van der Waals surface area contributed by atoms with Gasteiger partial charge in [0.2, 0.25) is 0 Å². The largest absolute Gasteiger partial charge is 0.351 e. The Balaban J connectivity index is 1.39. The van der Waals surface area contributed by atoms with Crippen molar-refractivity contribution >= 4 is 22.7 Å². The molecule has 2 aromatic heterocycles. The molecule has 4 N–H and O–H groups in total. The summed E-state index contributed by atoms with van der Waals surface area (Å²) < 4.78 is 0. The maximum atomic E-state index is 13.0. The number of fused-ring (bicyclic) bond motifs is 2. The third-order valence-electron chi connectivity index (χ3n) is 5.69. The highest BCUT2D eigenvalue weighted by Gasteiger charge is 2.32. The van der Waals surface area contributed by atoms with Crippen LogP contribution in [0.3, 0.4) is 0 Å². The number of aromatic amines is 2. The van der Waals surface area contributed by atoms with E-state index < -0.39 is 0 Å². The van der Waals surface area contributed by atoms with Crippen molar-refractivity contribution in [3.05, 3.63) is 53.0 Å². The highest BCUT2D eigenvalue weighted by atomic mass is 16.2. The number of para-hydroxylation sites is 1. The van der Waals surface area contributed by atoms with E-state index in [1.807, 2.05) is 30.3 Å². The number of hydrogen-bond acceptors (Lipinski definition) is 4. The molecular weight excluding hydrogens is 356 g/mol. The quantitative estimate of drug-likeness (QED) is 0.623. The second-order valence-electron chi connectivity index (χ2n) is 7.57. The molecule has 2 aliphatic heterocycles. The molecule has 3 aromatic rings. The maximum Gasteiger partial charge on any atom is 0.272 e. The predicted octanol–water partition coefficient (Wildman–Crippen LogP) is 1.26. The van der Waals surface area contributed by atoms with Crippen LogP contribution in [-0.2, 0) is 13.0 Å². The molecule has 0 bridgehead atoms. The number of nitrogens with two attached hydrogens (primary N) is 1. The second-order valence-corrected chi connectivity index (χ2v) is 7.57. The fourth-order valence-corrected chi connectivity index (χ4v) is 4.13. The Bertz CT molecular complexity index is 1030. The lowest BCUT2D eigenvalue weighted by molar-refractivity contribution is 0.0718. The van der Waals surface area contributed by atoms with Crippen molar-refractivity contribution < 1.29 is 9.59 Å². The SMILES string of the molecule is N[C@@H]1CCN(C(=O)c2[nH]nc3c2CN(C(=O)c2cc4ccccc4[nH]2)CC3)C1. The van der Waals surface area contributed by atoms with Gasteiger partial charge in [-0.3, -0.25) is 14.7 Å². The first-order valence-corrected chi connectivity index (χ1v) is 9.58. The summed E-state index contributed by atoms with van der Waals surface area (Å²) in [7, 11) is 0. The van der Waals surface area contributed by atoms with E-state index in [1.54, 1.807) is 9.80 Å². The summed E-state index contributed by atoms with van der Waals surface area (Å²) in [4.78, 5) is 32.6. The third kappa shape index (κ3) is 2.77. The zero-order chi connectivity index (χ0) is 19.3. The summed E-state index contributed by atoms with van der Waals surface area (Å²) in [5.41, 5.74) is 9.61. The molecule has 8 nitrogen and oxygen atoms in total. The Morgan fingerprint density at radius 1 is 1.14 bits per heavy atom. The van der Waals surface area contributed by atoms with E-state index in [9.17, 15) is 9.59 Å². The van der Waals surface area contributed by atoms with Gasteiger partial charge in [-0.1, -0.05) is 18.2 Å². The van der Waals surface area contributed by atoms with Crippen molar-refractivity contribution in [2.24, 2.45) is 5.73 Å². The number of hydrogen-bond donors (Lipinski definition) is 3. The Morgan fingerprint density at radius 2 is 2.00 bits per heavy atom. The van der Waals surface area contributed by atoms with E-state index >= 15 is 0 Å². The normalized spacial score (nSPS) is 19.2. The molecule has 2 aliphatic rings. The van der Waals surface area contributed by atoms with Gasteiger partial charge in [-0.15, -0.1) is 0 Å². The minimum absolute atomic E-state index is 0.0304. The summed E-state index contributed by atoms with van der Waals surface area (Å²) >= 11 is 0. The lowest BCUT2D eigenvalue weighted by Gasteiger charge is -2.27. The van der Waals surface area contributed by atoms with Gasteiger partial charge in [-0.2, -0.15) is 5.10 Å². The number of nitrogens with zero attached hydrogens (tertiary/aromatic N) is 3. The van der Waals surface area contributed by atoms with Crippen LogP contribution in [0.25, 0.3) is 10.9 Å². The van der Waals surface area contributed by atoms with Crippen LogP contribution < -0.4 is 5.73 Å². The van der Waals surface area contributed by atoms with E-state index in [-0.39, 0.29) is 17.9 Å². The van der Waals surface area contributed by atoms with Gasteiger partial charge >= 0.3 is 0 Å². The molecule has 1 saturated heterocycles. The molecule has 8 heteroatoms. The highest BCUT2D eigenvalue weighted by molar-refractivity contribution is 5.98. The van der Waals surface area contributed by atoms with Crippen LogP contribution in [0.2, 0.25) is 0 Å². The third-order valence-corrected chi connectivity index (χ3v) is 5.69. The van der Waals surface area contributed by atoms with Crippen molar-refractivity contribution in [3.8, 4) is 0 Å². The van der Waals surface area contributed by atoms with Crippen LogP contribution in [0.5, 0.6) is 0 Å². The predicted molar refractivity (Wildman–Crippen MR) is 104 cm³/mol. The van der Waals surface area contributed by atoms with Crippen LogP contribution in [0.15, 0.2) is 30.3 Å². The van der Waals surface area contributed by atoms with Gasteiger partial charge < -0.3 is 20.5 Å². The number of likely N-dealkylation sites (tertiary alicyclic amines) is 1. The molecule has 0 radical (unpaired) electrons. The Morgan fingerprint density at radius 3 is 2.79 bits per heavy atom. The number of benzene rings is 1. The standard InChI is InChI=1S/C20H22N6O2/c21-13-5-7-25(10-13)20(28)18-14-11-26(8-6-16(14)23-24-18)19(27)17-9-12-3-1-2-4-15(12)22-17/h1-4,9,13,22H,5-8,10-11,21H2,(H,23,24)/t13-/m1/s1. The van der Waals surface area contributed by atoms with Gasteiger partial charge in [0, 0.05) is 48.6 Å². The molecular formula is C20H22N6O2. The number of nitrogens with one attached hydrogen (secondary N) is 2. The summed E-state index contributed by atoms with van der Waals surface area (Å²) in [6.45, 7) is 2.17. The van der Waals surface area contributed by atoms with Crippen molar-refractivity contribution in [1.29, 1.82) is 0 Å². The molecule has 0 saturated carbocycles. The summed E-state index contributed by atoms with van der Waals surface area (Å²) in [5, 5.41) is 8.23. The molecule has 0 aliphatic carbocycles. The van der Waals surface area contributed by atoms with E-state index in [1.165, 1.54) is 0 Å². The molecule has 5 rings (SSSR count). The molecule has 4 heterocycles. The average Bonchev–Trinajstić information content (AvgIpc) is 3.43. The Labute approximate surface area is 161 Å². The highest BCUT2D eigenvalue weighted by Crippen LogP contribution is 2.25. The van der Waals surface area contributed by atoms with Gasteiger partial charge in [-0.05, 0) is 18.6 Å². The van der Waals surface area contributed by atoms with Crippen molar-refractivity contribution in [2.45, 2.75) is 25.4 Å². The van der Waals surface area contributed by atoms with Crippen LogP contribution in [0.4, 0.5) is 0 Å².